The first-order valence-corrected chi connectivity index (χ1v) is 11.0. The third kappa shape index (κ3) is 3.73. The highest BCUT2D eigenvalue weighted by Gasteiger charge is 2.27. The maximum atomic E-state index is 13.9. The lowest BCUT2D eigenvalue weighted by atomic mass is 10.4. The first-order chi connectivity index (χ1) is 11.6. The van der Waals surface area contributed by atoms with E-state index < -0.39 is 7.14 Å². The van der Waals surface area contributed by atoms with Crippen molar-refractivity contribution in [1.82, 2.24) is 0 Å². The molecule has 5 heteroatoms. The predicted octanol–water partition coefficient (Wildman–Crippen LogP) is 6.06. The third-order valence-electron chi connectivity index (χ3n) is 3.66. The number of hydrogen-bond acceptors (Lipinski definition) is 2. The Morgan fingerprint density at radius 2 is 1.17 bits per heavy atom. The first-order valence-electron chi connectivity index (χ1n) is 7.38. The number of thioether (sulfide) groups is 1. The van der Waals surface area contributed by atoms with Crippen LogP contribution in [0.3, 0.4) is 0 Å². The van der Waals surface area contributed by atoms with Gasteiger partial charge in [-0.25, -0.2) is 0 Å². The summed E-state index contributed by atoms with van der Waals surface area (Å²) in [6, 6.07) is 24.6. The lowest BCUT2D eigenvalue weighted by Crippen LogP contribution is -2.17. The molecule has 0 spiro atoms. The Labute approximate surface area is 156 Å². The van der Waals surface area contributed by atoms with Gasteiger partial charge < -0.3 is 4.57 Å². The van der Waals surface area contributed by atoms with Gasteiger partial charge in [-0.3, -0.25) is 0 Å². The second-order valence-corrected chi connectivity index (χ2v) is 10.3. The van der Waals surface area contributed by atoms with Gasteiger partial charge in [0.05, 0.1) is 15.5 Å². The van der Waals surface area contributed by atoms with Crippen molar-refractivity contribution in [2.24, 2.45) is 0 Å². The third-order valence-corrected chi connectivity index (χ3v) is 9.47. The van der Waals surface area contributed by atoms with Gasteiger partial charge in [-0.1, -0.05) is 89.9 Å². The number of hydrogen-bond donors (Lipinski definition) is 0. The van der Waals surface area contributed by atoms with Gasteiger partial charge in [-0.05, 0) is 12.1 Å². The van der Waals surface area contributed by atoms with Gasteiger partial charge >= 0.3 is 0 Å². The van der Waals surface area contributed by atoms with Crippen molar-refractivity contribution in [2.45, 2.75) is 4.90 Å². The topological polar surface area (TPSA) is 17.1 Å². The van der Waals surface area contributed by atoms with E-state index >= 15 is 0 Å². The summed E-state index contributed by atoms with van der Waals surface area (Å²) in [5, 5.41) is 2.85. The molecule has 0 N–H and O–H groups in total. The van der Waals surface area contributed by atoms with E-state index in [2.05, 4.69) is 0 Å². The fraction of sp³-hybridized carbons (Fsp3) is 0.0526. The van der Waals surface area contributed by atoms with E-state index in [1.807, 2.05) is 66.7 Å². The highest BCUT2D eigenvalue weighted by Crippen LogP contribution is 2.49. The summed E-state index contributed by atoms with van der Waals surface area (Å²) in [4.78, 5) is 0.771. The van der Waals surface area contributed by atoms with E-state index in [0.29, 0.717) is 15.5 Å². The van der Waals surface area contributed by atoms with Crippen molar-refractivity contribution in [1.29, 1.82) is 0 Å². The molecule has 0 aromatic heterocycles. The molecule has 0 amide bonds. The van der Waals surface area contributed by atoms with Gasteiger partial charge in [0, 0.05) is 15.5 Å². The molecular weight excluding hydrogens is 378 g/mol. The van der Waals surface area contributed by atoms with Gasteiger partial charge in [0.15, 0.2) is 7.14 Å². The molecular formula is C19H15Cl2OPS. The van der Waals surface area contributed by atoms with Gasteiger partial charge in [0.2, 0.25) is 0 Å². The average Bonchev–Trinajstić information content (AvgIpc) is 2.62. The molecule has 0 fully saturated rings. The van der Waals surface area contributed by atoms with Crippen LogP contribution in [0.2, 0.25) is 10.0 Å². The number of rotatable bonds is 5. The lowest BCUT2D eigenvalue weighted by Gasteiger charge is -2.19. The molecule has 24 heavy (non-hydrogen) atoms. The summed E-state index contributed by atoms with van der Waals surface area (Å²) in [7, 11) is -2.78. The molecule has 3 rings (SSSR count). The Kier molecular flexibility index (Phi) is 5.73. The Bertz CT molecular complexity index is 805. The van der Waals surface area contributed by atoms with Crippen LogP contribution in [0.4, 0.5) is 0 Å². The highest BCUT2D eigenvalue weighted by atomic mass is 35.5. The van der Waals surface area contributed by atoms with Crippen molar-refractivity contribution in [3.05, 3.63) is 88.9 Å². The van der Waals surface area contributed by atoms with Crippen LogP contribution < -0.4 is 10.6 Å². The molecule has 1 nitrogen and oxygen atoms in total. The molecule has 0 unspecified atom stereocenters. The molecule has 0 aliphatic carbocycles. The van der Waals surface area contributed by atoms with Crippen LogP contribution in [0.5, 0.6) is 0 Å². The minimum absolute atomic E-state index is 0.407. The molecule has 3 aromatic rings. The molecule has 0 aliphatic rings. The van der Waals surface area contributed by atoms with E-state index in [4.69, 9.17) is 23.2 Å². The summed E-state index contributed by atoms with van der Waals surface area (Å²) in [5.74, 6) is 0. The molecule has 0 heterocycles. The molecule has 0 atom stereocenters. The fourth-order valence-corrected chi connectivity index (χ4v) is 7.59. The van der Waals surface area contributed by atoms with Crippen molar-refractivity contribution < 1.29 is 4.57 Å². The predicted molar refractivity (Wildman–Crippen MR) is 107 cm³/mol. The van der Waals surface area contributed by atoms with Crippen LogP contribution in [0.25, 0.3) is 0 Å². The van der Waals surface area contributed by atoms with Crippen LogP contribution in [0.1, 0.15) is 0 Å². The van der Waals surface area contributed by atoms with E-state index in [-0.39, 0.29) is 0 Å². The Morgan fingerprint density at radius 3 is 1.62 bits per heavy atom. The smallest absolute Gasteiger partial charge is 0.153 e. The SMILES string of the molecule is O=P(CSc1c(Cl)cccc1Cl)(c1ccccc1)c1ccccc1. The molecule has 0 saturated heterocycles. The van der Waals surface area contributed by atoms with Crippen molar-refractivity contribution in [2.75, 3.05) is 5.49 Å². The van der Waals surface area contributed by atoms with Crippen molar-refractivity contribution >= 4 is 52.7 Å². The Balaban J connectivity index is 1.99. The largest absolute Gasteiger partial charge is 0.313 e. The van der Waals surface area contributed by atoms with E-state index in [9.17, 15) is 4.57 Å². The Morgan fingerprint density at radius 1 is 0.708 bits per heavy atom. The summed E-state index contributed by atoms with van der Waals surface area (Å²) >= 11 is 14.0. The Hall–Kier alpha value is -1.18. The van der Waals surface area contributed by atoms with Crippen LogP contribution >= 0.6 is 42.1 Å². The van der Waals surface area contributed by atoms with Crippen LogP contribution in [-0.4, -0.2) is 5.49 Å². The van der Waals surface area contributed by atoms with Gasteiger partial charge in [-0.15, -0.1) is 11.8 Å². The van der Waals surface area contributed by atoms with Crippen molar-refractivity contribution in [3.8, 4) is 0 Å². The van der Waals surface area contributed by atoms with Gasteiger partial charge in [0.1, 0.15) is 0 Å². The van der Waals surface area contributed by atoms with Crippen molar-refractivity contribution in [3.63, 3.8) is 0 Å². The maximum Gasteiger partial charge on any atom is 0.153 e. The molecule has 0 radical (unpaired) electrons. The maximum absolute atomic E-state index is 13.9. The zero-order valence-electron chi connectivity index (χ0n) is 12.7. The standard InChI is InChI=1S/C19H15Cl2OPS/c20-17-12-7-13-18(21)19(17)24-14-23(22,15-8-3-1-4-9-15)16-10-5-2-6-11-16/h1-13H,14H2. The minimum atomic E-state index is -2.78. The van der Waals surface area contributed by atoms with Gasteiger partial charge in [0.25, 0.3) is 0 Å². The molecule has 0 saturated carbocycles. The molecule has 3 aromatic carbocycles. The minimum Gasteiger partial charge on any atom is -0.313 e. The normalized spacial score (nSPS) is 11.4. The summed E-state index contributed by atoms with van der Waals surface area (Å²) < 4.78 is 13.9. The number of halogens is 2. The zero-order valence-corrected chi connectivity index (χ0v) is 16.0. The average molecular weight is 393 g/mol. The van der Waals surface area contributed by atoms with E-state index in [0.717, 1.165) is 15.5 Å². The lowest BCUT2D eigenvalue weighted by molar-refractivity contribution is 0.590. The number of benzene rings is 3. The van der Waals surface area contributed by atoms with E-state index in [1.165, 1.54) is 11.8 Å². The summed E-state index contributed by atoms with van der Waals surface area (Å²) in [5.41, 5.74) is 0.407. The van der Waals surface area contributed by atoms with Gasteiger partial charge in [-0.2, -0.15) is 0 Å². The van der Waals surface area contributed by atoms with Crippen LogP contribution in [0.15, 0.2) is 83.8 Å². The molecule has 0 bridgehead atoms. The summed E-state index contributed by atoms with van der Waals surface area (Å²) in [6.07, 6.45) is 0. The quantitative estimate of drug-likeness (QED) is 0.387. The van der Waals surface area contributed by atoms with Crippen LogP contribution in [0, 0.1) is 0 Å². The van der Waals surface area contributed by atoms with E-state index in [1.54, 1.807) is 12.1 Å². The monoisotopic (exact) mass is 392 g/mol. The highest BCUT2D eigenvalue weighted by molar-refractivity contribution is 8.08. The van der Waals surface area contributed by atoms with Crippen LogP contribution in [-0.2, 0) is 4.57 Å². The first kappa shape index (κ1) is 17.6. The molecule has 122 valence electrons. The summed E-state index contributed by atoms with van der Waals surface area (Å²) in [6.45, 7) is 0. The zero-order chi connectivity index (χ0) is 17.0. The second-order valence-electron chi connectivity index (χ2n) is 5.24. The molecule has 0 aliphatic heterocycles. The second kappa shape index (κ2) is 7.80. The fourth-order valence-electron chi connectivity index (χ4n) is 2.41.